The number of aromatic nitrogens is 4. The second kappa shape index (κ2) is 8.27. The van der Waals surface area contributed by atoms with Gasteiger partial charge in [0.25, 0.3) is 5.56 Å². The summed E-state index contributed by atoms with van der Waals surface area (Å²) in [5.74, 6) is 0.265. The largest absolute Gasteiger partial charge is 0.388 e. The van der Waals surface area contributed by atoms with Gasteiger partial charge in [-0.1, -0.05) is 40.5 Å². The molecular formula is C17H17Cl2N5O4. The molecule has 0 bridgehead atoms. The molecule has 2 heterocycles. The van der Waals surface area contributed by atoms with E-state index >= 15 is 0 Å². The number of halogens is 2. The first-order chi connectivity index (χ1) is 13.3. The molecule has 0 amide bonds. The fourth-order valence-electron chi connectivity index (χ4n) is 2.69. The average molecular weight is 426 g/mol. The van der Waals surface area contributed by atoms with Gasteiger partial charge in [0.05, 0.1) is 11.8 Å². The van der Waals surface area contributed by atoms with E-state index in [4.69, 9.17) is 33.5 Å². The molecule has 9 nitrogen and oxygen atoms in total. The van der Waals surface area contributed by atoms with Crippen LogP contribution in [0.4, 0.5) is 0 Å². The summed E-state index contributed by atoms with van der Waals surface area (Å²) < 4.78 is 7.18. The Balaban J connectivity index is 1.81. The lowest BCUT2D eigenvalue weighted by Gasteiger charge is -2.11. The number of aliphatic hydroxyl groups excluding tert-OH is 1. The van der Waals surface area contributed by atoms with Crippen molar-refractivity contribution in [1.29, 1.82) is 0 Å². The molecule has 3 rings (SSSR count). The van der Waals surface area contributed by atoms with Crippen molar-refractivity contribution >= 4 is 23.2 Å². The number of aliphatic hydroxyl groups is 1. The highest BCUT2D eigenvalue weighted by atomic mass is 35.5. The SMILES string of the molecule is Cn1c(CN)c(Cl)c(=O)n(Cc2nc(C[C@H](O)c3ccc(Cl)cc3)no2)c1=O. The third kappa shape index (κ3) is 4.02. The number of hydrogen-bond acceptors (Lipinski definition) is 7. The van der Waals surface area contributed by atoms with Crippen molar-refractivity contribution in [2.24, 2.45) is 12.8 Å². The number of benzene rings is 1. The zero-order chi connectivity index (χ0) is 20.4. The van der Waals surface area contributed by atoms with E-state index in [1.54, 1.807) is 24.3 Å². The highest BCUT2D eigenvalue weighted by molar-refractivity contribution is 6.31. The summed E-state index contributed by atoms with van der Waals surface area (Å²) >= 11 is 11.8. The van der Waals surface area contributed by atoms with Gasteiger partial charge in [0, 0.05) is 25.0 Å². The molecule has 0 saturated heterocycles. The first kappa shape index (κ1) is 20.3. The maximum atomic E-state index is 12.4. The summed E-state index contributed by atoms with van der Waals surface area (Å²) in [4.78, 5) is 28.9. The molecule has 1 atom stereocenters. The molecule has 3 N–H and O–H groups in total. The molecule has 148 valence electrons. The molecule has 0 fully saturated rings. The van der Waals surface area contributed by atoms with Gasteiger partial charge >= 0.3 is 5.69 Å². The summed E-state index contributed by atoms with van der Waals surface area (Å²) in [6.07, 6.45) is -0.776. The average Bonchev–Trinajstić information content (AvgIpc) is 3.11. The molecule has 3 aromatic rings. The molecule has 0 aliphatic carbocycles. The van der Waals surface area contributed by atoms with Crippen LogP contribution in [0, 0.1) is 0 Å². The van der Waals surface area contributed by atoms with E-state index in [1.165, 1.54) is 11.6 Å². The van der Waals surface area contributed by atoms with Crippen molar-refractivity contribution in [2.75, 3.05) is 0 Å². The maximum absolute atomic E-state index is 12.4. The van der Waals surface area contributed by atoms with Crippen molar-refractivity contribution in [3.8, 4) is 0 Å². The van der Waals surface area contributed by atoms with Crippen molar-refractivity contribution in [3.63, 3.8) is 0 Å². The van der Waals surface area contributed by atoms with Crippen LogP contribution < -0.4 is 17.0 Å². The Kier molecular flexibility index (Phi) is 5.99. The van der Waals surface area contributed by atoms with Crippen molar-refractivity contribution in [2.45, 2.75) is 25.6 Å². The predicted octanol–water partition coefficient (Wildman–Crippen LogP) is 1.02. The summed E-state index contributed by atoms with van der Waals surface area (Å²) in [6.45, 7) is -0.298. The molecule has 0 aliphatic heterocycles. The molecule has 0 aliphatic rings. The molecule has 0 saturated carbocycles. The van der Waals surface area contributed by atoms with Crippen LogP contribution in [0.1, 0.15) is 29.1 Å². The normalized spacial score (nSPS) is 12.3. The highest BCUT2D eigenvalue weighted by Gasteiger charge is 2.18. The summed E-state index contributed by atoms with van der Waals surface area (Å²) in [7, 11) is 1.47. The fraction of sp³-hybridized carbons (Fsp3) is 0.294. The van der Waals surface area contributed by atoms with Gasteiger partial charge in [-0.2, -0.15) is 4.98 Å². The van der Waals surface area contributed by atoms with E-state index in [-0.39, 0.29) is 41.9 Å². The Morgan fingerprint density at radius 3 is 2.57 bits per heavy atom. The smallest absolute Gasteiger partial charge is 0.331 e. The first-order valence-corrected chi connectivity index (χ1v) is 9.00. The number of nitrogens with zero attached hydrogens (tertiary/aromatic N) is 4. The van der Waals surface area contributed by atoms with E-state index in [2.05, 4.69) is 10.1 Å². The number of nitrogens with two attached hydrogens (primary N) is 1. The lowest BCUT2D eigenvalue weighted by atomic mass is 10.1. The van der Waals surface area contributed by atoms with E-state index < -0.39 is 17.4 Å². The van der Waals surface area contributed by atoms with Crippen LogP contribution in [0.25, 0.3) is 0 Å². The van der Waals surface area contributed by atoms with E-state index in [0.29, 0.717) is 10.6 Å². The Morgan fingerprint density at radius 1 is 1.25 bits per heavy atom. The van der Waals surface area contributed by atoms with Gasteiger partial charge in [-0.3, -0.25) is 9.36 Å². The fourth-order valence-corrected chi connectivity index (χ4v) is 3.12. The topological polar surface area (TPSA) is 129 Å². The second-order valence-corrected chi connectivity index (χ2v) is 6.89. The Labute approximate surface area is 168 Å². The van der Waals surface area contributed by atoms with Crippen LogP contribution in [0.2, 0.25) is 10.0 Å². The first-order valence-electron chi connectivity index (χ1n) is 8.25. The monoisotopic (exact) mass is 425 g/mol. The third-order valence-corrected chi connectivity index (χ3v) is 4.87. The Hall–Kier alpha value is -2.46. The maximum Gasteiger partial charge on any atom is 0.331 e. The van der Waals surface area contributed by atoms with Crippen molar-refractivity contribution < 1.29 is 9.63 Å². The van der Waals surface area contributed by atoms with Gasteiger partial charge < -0.3 is 15.4 Å². The molecule has 1 aromatic carbocycles. The van der Waals surface area contributed by atoms with E-state index in [0.717, 1.165) is 4.57 Å². The third-order valence-electron chi connectivity index (χ3n) is 4.24. The molecular weight excluding hydrogens is 409 g/mol. The standard InChI is InChI=1S/C17H17Cl2N5O4/c1-23-11(7-20)15(19)16(26)24(17(23)27)8-14-21-13(22-28-14)6-12(25)9-2-4-10(18)5-3-9/h2-5,12,25H,6-8,20H2,1H3/t12-/m0/s1. The highest BCUT2D eigenvalue weighted by Crippen LogP contribution is 2.19. The summed E-state index contributed by atoms with van der Waals surface area (Å²) in [6, 6.07) is 6.72. The summed E-state index contributed by atoms with van der Waals surface area (Å²) in [5.41, 5.74) is 5.13. The van der Waals surface area contributed by atoms with Crippen LogP contribution in [-0.4, -0.2) is 24.4 Å². The van der Waals surface area contributed by atoms with Crippen LogP contribution in [0.15, 0.2) is 38.4 Å². The number of rotatable bonds is 6. The van der Waals surface area contributed by atoms with Gasteiger partial charge in [-0.05, 0) is 17.7 Å². The minimum Gasteiger partial charge on any atom is -0.388 e. The minimum absolute atomic E-state index is 0.0362. The van der Waals surface area contributed by atoms with E-state index in [9.17, 15) is 14.7 Å². The van der Waals surface area contributed by atoms with Crippen LogP contribution in [0.5, 0.6) is 0 Å². The van der Waals surface area contributed by atoms with Gasteiger partial charge in [-0.15, -0.1) is 0 Å². The van der Waals surface area contributed by atoms with Gasteiger partial charge in [0.15, 0.2) is 5.82 Å². The van der Waals surface area contributed by atoms with Crippen LogP contribution in [-0.2, 0) is 26.6 Å². The van der Waals surface area contributed by atoms with Crippen molar-refractivity contribution in [3.05, 3.63) is 78.1 Å². The molecule has 0 unspecified atom stereocenters. The summed E-state index contributed by atoms with van der Waals surface area (Å²) in [5, 5.41) is 14.5. The van der Waals surface area contributed by atoms with Gasteiger partial charge in [0.2, 0.25) is 5.89 Å². The van der Waals surface area contributed by atoms with Crippen molar-refractivity contribution in [1.82, 2.24) is 19.3 Å². The lowest BCUT2D eigenvalue weighted by Crippen LogP contribution is -2.41. The Bertz CT molecular complexity index is 1070. The molecule has 11 heteroatoms. The van der Waals surface area contributed by atoms with Gasteiger partial charge in [-0.25, -0.2) is 9.36 Å². The van der Waals surface area contributed by atoms with Crippen LogP contribution in [0.3, 0.4) is 0 Å². The molecule has 2 aromatic heterocycles. The molecule has 28 heavy (non-hydrogen) atoms. The zero-order valence-electron chi connectivity index (χ0n) is 14.8. The molecule has 0 spiro atoms. The van der Waals surface area contributed by atoms with Gasteiger partial charge in [0.1, 0.15) is 11.6 Å². The minimum atomic E-state index is -0.864. The quantitative estimate of drug-likeness (QED) is 0.602. The van der Waals surface area contributed by atoms with Crippen LogP contribution >= 0.6 is 23.2 Å². The number of hydrogen-bond donors (Lipinski definition) is 2. The lowest BCUT2D eigenvalue weighted by molar-refractivity contribution is 0.174. The Morgan fingerprint density at radius 2 is 1.93 bits per heavy atom. The molecule has 0 radical (unpaired) electrons. The van der Waals surface area contributed by atoms with E-state index in [1.807, 2.05) is 0 Å². The predicted molar refractivity (Wildman–Crippen MR) is 102 cm³/mol. The second-order valence-electron chi connectivity index (χ2n) is 6.07. The zero-order valence-corrected chi connectivity index (χ0v) is 16.3.